The maximum absolute atomic E-state index is 5.79. The summed E-state index contributed by atoms with van der Waals surface area (Å²) >= 11 is 0. The monoisotopic (exact) mass is 338 g/mol. The quantitative estimate of drug-likeness (QED) is 0.405. The Kier molecular flexibility index (Phi) is 5.77. The van der Waals surface area contributed by atoms with Crippen molar-refractivity contribution in [3.05, 3.63) is 0 Å². The minimum absolute atomic E-state index is 0.408. The van der Waals surface area contributed by atoms with E-state index in [4.69, 9.17) is 18.9 Å². The van der Waals surface area contributed by atoms with Crippen molar-refractivity contribution in [1.82, 2.24) is 0 Å². The third-order valence-electron chi connectivity index (χ3n) is 6.83. The number of hydrogen-bond acceptors (Lipinski definition) is 4. The molecule has 2 aliphatic carbocycles. The van der Waals surface area contributed by atoms with E-state index in [2.05, 4.69) is 6.92 Å². The van der Waals surface area contributed by atoms with Crippen molar-refractivity contribution in [2.75, 3.05) is 39.6 Å². The highest BCUT2D eigenvalue weighted by molar-refractivity contribution is 4.99. The Hall–Kier alpha value is -0.160. The fraction of sp³-hybridized carbons (Fsp3) is 1.00. The molecule has 2 saturated heterocycles. The Bertz CT molecular complexity index is 391. The molecule has 0 N–H and O–H groups in total. The van der Waals surface area contributed by atoms with Crippen LogP contribution in [0.2, 0.25) is 0 Å². The van der Waals surface area contributed by atoms with Crippen LogP contribution in [0.5, 0.6) is 0 Å². The van der Waals surface area contributed by atoms with E-state index < -0.39 is 0 Å². The molecule has 138 valence electrons. The normalized spacial score (nSPS) is 42.6. The van der Waals surface area contributed by atoms with Crippen LogP contribution in [-0.2, 0) is 18.9 Å². The minimum atomic E-state index is 0.408. The molecule has 4 heteroatoms. The van der Waals surface area contributed by atoms with Gasteiger partial charge in [-0.05, 0) is 61.7 Å². The van der Waals surface area contributed by atoms with Gasteiger partial charge in [-0.15, -0.1) is 0 Å². The molecule has 7 atom stereocenters. The van der Waals surface area contributed by atoms with Gasteiger partial charge in [0.2, 0.25) is 0 Å². The maximum Gasteiger partial charge on any atom is 0.104 e. The first-order valence-electron chi connectivity index (χ1n) is 10.2. The largest absolute Gasteiger partial charge is 0.379 e. The molecule has 24 heavy (non-hydrogen) atoms. The second-order valence-corrected chi connectivity index (χ2v) is 8.38. The van der Waals surface area contributed by atoms with E-state index in [9.17, 15) is 0 Å². The van der Waals surface area contributed by atoms with Crippen molar-refractivity contribution in [2.24, 2.45) is 29.6 Å². The Morgan fingerprint density at radius 3 is 2.25 bits per heavy atom. The summed E-state index contributed by atoms with van der Waals surface area (Å²) in [6.45, 7) is 7.69. The lowest BCUT2D eigenvalue weighted by molar-refractivity contribution is 0.0713. The third-order valence-corrected chi connectivity index (χ3v) is 6.83. The summed E-state index contributed by atoms with van der Waals surface area (Å²) in [5.74, 6) is 4.76. The second-order valence-electron chi connectivity index (χ2n) is 8.38. The molecule has 2 bridgehead atoms. The van der Waals surface area contributed by atoms with E-state index in [-0.39, 0.29) is 0 Å². The first-order chi connectivity index (χ1) is 11.8. The Labute approximate surface area is 146 Å². The summed E-state index contributed by atoms with van der Waals surface area (Å²) < 4.78 is 21.9. The highest BCUT2D eigenvalue weighted by Crippen LogP contribution is 2.58. The van der Waals surface area contributed by atoms with E-state index in [1.807, 2.05) is 0 Å². The predicted molar refractivity (Wildman–Crippen MR) is 91.9 cm³/mol. The third kappa shape index (κ3) is 4.32. The van der Waals surface area contributed by atoms with Crippen LogP contribution >= 0.6 is 0 Å². The van der Waals surface area contributed by atoms with Crippen LogP contribution in [0, 0.1) is 29.6 Å². The molecule has 4 rings (SSSR count). The van der Waals surface area contributed by atoms with Crippen molar-refractivity contribution in [3.8, 4) is 0 Å². The zero-order valence-electron chi connectivity index (χ0n) is 15.2. The lowest BCUT2D eigenvalue weighted by atomic mass is 9.70. The van der Waals surface area contributed by atoms with Gasteiger partial charge in [0.15, 0.2) is 0 Å². The fourth-order valence-electron chi connectivity index (χ4n) is 5.54. The van der Waals surface area contributed by atoms with Gasteiger partial charge in [0.1, 0.15) is 12.2 Å². The van der Waals surface area contributed by atoms with Crippen LogP contribution < -0.4 is 0 Å². The first-order valence-corrected chi connectivity index (χ1v) is 10.2. The van der Waals surface area contributed by atoms with Gasteiger partial charge in [0, 0.05) is 13.2 Å². The van der Waals surface area contributed by atoms with Gasteiger partial charge in [-0.3, -0.25) is 0 Å². The van der Waals surface area contributed by atoms with E-state index >= 15 is 0 Å². The van der Waals surface area contributed by atoms with Gasteiger partial charge in [0.05, 0.1) is 26.4 Å². The molecule has 4 nitrogen and oxygen atoms in total. The van der Waals surface area contributed by atoms with Gasteiger partial charge in [-0.1, -0.05) is 13.3 Å². The molecular formula is C20H34O4. The maximum atomic E-state index is 5.79. The van der Waals surface area contributed by atoms with E-state index in [0.29, 0.717) is 12.2 Å². The number of hydrogen-bond donors (Lipinski definition) is 0. The second kappa shape index (κ2) is 8.03. The van der Waals surface area contributed by atoms with Crippen molar-refractivity contribution in [2.45, 2.75) is 57.7 Å². The summed E-state index contributed by atoms with van der Waals surface area (Å²) in [6.07, 6.45) is 8.97. The predicted octanol–water partition coefficient (Wildman–Crippen LogP) is 3.29. The molecule has 2 heterocycles. The van der Waals surface area contributed by atoms with Crippen LogP contribution in [0.3, 0.4) is 0 Å². The molecule has 4 aliphatic rings. The Morgan fingerprint density at radius 1 is 0.875 bits per heavy atom. The summed E-state index contributed by atoms with van der Waals surface area (Å²) in [6, 6.07) is 0. The number of fused-ring (bicyclic) bond motifs is 2. The average molecular weight is 338 g/mol. The topological polar surface area (TPSA) is 43.5 Å². The van der Waals surface area contributed by atoms with Gasteiger partial charge < -0.3 is 18.9 Å². The molecule has 0 amide bonds. The van der Waals surface area contributed by atoms with Gasteiger partial charge in [-0.25, -0.2) is 0 Å². The van der Waals surface area contributed by atoms with Crippen LogP contribution in [0.4, 0.5) is 0 Å². The first kappa shape index (κ1) is 17.3. The Balaban J connectivity index is 1.15. The zero-order chi connectivity index (χ0) is 16.4. The molecule has 0 aromatic heterocycles. The van der Waals surface area contributed by atoms with Gasteiger partial charge in [-0.2, -0.15) is 0 Å². The highest BCUT2D eigenvalue weighted by Gasteiger charge is 2.50. The van der Waals surface area contributed by atoms with Crippen molar-refractivity contribution in [3.63, 3.8) is 0 Å². The lowest BCUT2D eigenvalue weighted by Gasteiger charge is -2.35. The molecule has 4 fully saturated rings. The number of rotatable bonds is 12. The zero-order valence-corrected chi connectivity index (χ0v) is 15.2. The summed E-state index contributed by atoms with van der Waals surface area (Å²) in [4.78, 5) is 0. The standard InChI is InChI=1S/C20H34O4/c1-2-18-19(4-3-6-21-10-16-12-23-16)15-8-14(20(18)9-15)5-7-22-11-17-13-24-17/h14-20H,2-13H2,1H3. The molecule has 2 aliphatic heterocycles. The molecule has 0 aromatic rings. The van der Waals surface area contributed by atoms with Gasteiger partial charge in [0.25, 0.3) is 0 Å². The van der Waals surface area contributed by atoms with E-state index in [0.717, 1.165) is 69.2 Å². The lowest BCUT2D eigenvalue weighted by Crippen LogP contribution is -2.29. The molecule has 7 unspecified atom stereocenters. The minimum Gasteiger partial charge on any atom is -0.379 e. The molecule has 2 saturated carbocycles. The van der Waals surface area contributed by atoms with Crippen molar-refractivity contribution < 1.29 is 18.9 Å². The van der Waals surface area contributed by atoms with E-state index in [1.54, 1.807) is 0 Å². The van der Waals surface area contributed by atoms with Crippen molar-refractivity contribution in [1.29, 1.82) is 0 Å². The number of ether oxygens (including phenoxy) is 4. The Morgan fingerprint density at radius 2 is 1.58 bits per heavy atom. The summed E-state index contributed by atoms with van der Waals surface area (Å²) in [5.41, 5.74) is 0. The van der Waals surface area contributed by atoms with Crippen LogP contribution in [0.15, 0.2) is 0 Å². The van der Waals surface area contributed by atoms with E-state index in [1.165, 1.54) is 38.5 Å². The smallest absolute Gasteiger partial charge is 0.104 e. The van der Waals surface area contributed by atoms with Crippen LogP contribution in [0.25, 0.3) is 0 Å². The highest BCUT2D eigenvalue weighted by atomic mass is 16.6. The SMILES string of the molecule is CCC1C(CCCOCC2CO2)C2CC(CCOCC3CO3)C1C2. The fourth-order valence-corrected chi connectivity index (χ4v) is 5.54. The van der Waals surface area contributed by atoms with Gasteiger partial charge >= 0.3 is 0 Å². The molecular weight excluding hydrogens is 304 g/mol. The molecule has 0 aromatic carbocycles. The van der Waals surface area contributed by atoms with Crippen LogP contribution in [0.1, 0.15) is 45.4 Å². The summed E-state index contributed by atoms with van der Waals surface area (Å²) in [7, 11) is 0. The molecule has 0 spiro atoms. The van der Waals surface area contributed by atoms with Crippen LogP contribution in [-0.4, -0.2) is 51.8 Å². The number of epoxide rings is 2. The van der Waals surface area contributed by atoms with Crippen molar-refractivity contribution >= 4 is 0 Å². The average Bonchev–Trinajstić information content (AvgIpc) is 3.51. The summed E-state index contributed by atoms with van der Waals surface area (Å²) in [5, 5.41) is 0. The molecule has 0 radical (unpaired) electrons.